The molecule has 25 heavy (non-hydrogen) atoms. The van der Waals surface area contributed by atoms with Gasteiger partial charge >= 0.3 is 7.68 Å². The Balaban J connectivity index is 3.47. The first-order chi connectivity index (χ1) is 12.1. The zero-order chi connectivity index (χ0) is 18.6. The molecule has 0 aromatic rings. The van der Waals surface area contributed by atoms with E-state index in [1.807, 2.05) is 0 Å². The van der Waals surface area contributed by atoms with Crippen molar-refractivity contribution in [2.24, 2.45) is 0 Å². The number of halogens is 1. The summed E-state index contributed by atoms with van der Waals surface area (Å²) in [6.45, 7) is 2.23. The Morgan fingerprint density at radius 1 is 0.760 bits per heavy atom. The van der Waals surface area contributed by atoms with Gasteiger partial charge in [-0.1, -0.05) is 68.4 Å². The molecule has 0 fully saturated rings. The first kappa shape index (κ1) is 24.1. The third kappa shape index (κ3) is 19.3. The van der Waals surface area contributed by atoms with Crippen LogP contribution in [0.25, 0.3) is 0 Å². The second-order valence-electron chi connectivity index (χ2n) is 6.08. The predicted octanol–water partition coefficient (Wildman–Crippen LogP) is 7.94. The summed E-state index contributed by atoms with van der Waals surface area (Å²) in [7, 11) is -2.65. The van der Waals surface area contributed by atoms with Crippen LogP contribution >= 0.6 is 7.68 Å². The highest BCUT2D eigenvalue weighted by Crippen LogP contribution is 2.48. The van der Waals surface area contributed by atoms with Crippen LogP contribution < -0.4 is 0 Å². The molecule has 0 heterocycles. The number of rotatable bonds is 16. The largest absolute Gasteiger partial charge is 0.367 e. The summed E-state index contributed by atoms with van der Waals surface area (Å²) >= 11 is 0. The van der Waals surface area contributed by atoms with Gasteiger partial charge in [0, 0.05) is 7.11 Å². The van der Waals surface area contributed by atoms with E-state index >= 15 is 0 Å². The second kappa shape index (κ2) is 17.9. The molecule has 0 aromatic carbocycles. The molecule has 1 atom stereocenters. The number of allylic oxidation sites excluding steroid dienone is 8. The van der Waals surface area contributed by atoms with E-state index in [1.54, 1.807) is 0 Å². The molecule has 0 aliphatic heterocycles. The van der Waals surface area contributed by atoms with Crippen LogP contribution in [0.15, 0.2) is 48.6 Å². The lowest BCUT2D eigenvalue weighted by Gasteiger charge is -2.04. The van der Waals surface area contributed by atoms with Crippen LogP contribution in [0.5, 0.6) is 0 Å². The van der Waals surface area contributed by atoms with Crippen LogP contribution in [0.2, 0.25) is 0 Å². The molecule has 0 amide bonds. The number of hydrogen-bond donors (Lipinski definition) is 0. The highest BCUT2D eigenvalue weighted by molar-refractivity contribution is 7.53. The minimum absolute atomic E-state index is 0.0253. The molecule has 0 aliphatic carbocycles. The molecule has 4 heteroatoms. The van der Waals surface area contributed by atoms with Crippen LogP contribution in [0.4, 0.5) is 4.20 Å². The third-order valence-electron chi connectivity index (χ3n) is 3.78. The average Bonchev–Trinajstić information content (AvgIpc) is 2.60. The minimum Gasteiger partial charge on any atom is -0.309 e. The Morgan fingerprint density at radius 3 is 1.64 bits per heavy atom. The zero-order valence-electron chi connectivity index (χ0n) is 16.0. The summed E-state index contributed by atoms with van der Waals surface area (Å²) in [4.78, 5) is 0. The Morgan fingerprint density at radius 2 is 1.20 bits per heavy atom. The summed E-state index contributed by atoms with van der Waals surface area (Å²) in [6, 6.07) is 0. The molecule has 0 radical (unpaired) electrons. The maximum Gasteiger partial charge on any atom is 0.367 e. The van der Waals surface area contributed by atoms with Gasteiger partial charge in [-0.15, -0.1) is 0 Å². The molecular formula is C21H36FO2P. The van der Waals surface area contributed by atoms with E-state index < -0.39 is 7.68 Å². The van der Waals surface area contributed by atoms with Crippen molar-refractivity contribution in [1.29, 1.82) is 0 Å². The van der Waals surface area contributed by atoms with Gasteiger partial charge < -0.3 is 4.52 Å². The highest BCUT2D eigenvalue weighted by atomic mass is 31.2. The van der Waals surface area contributed by atoms with Crippen molar-refractivity contribution in [2.75, 3.05) is 13.3 Å². The van der Waals surface area contributed by atoms with Crippen molar-refractivity contribution in [2.45, 2.75) is 71.1 Å². The Labute approximate surface area is 154 Å². The van der Waals surface area contributed by atoms with Gasteiger partial charge in [0.05, 0.1) is 6.16 Å². The SMILES string of the molecule is CCCCC/C=C/C/C=C/C/C=C\C/C=C\CCCCP(=O)(F)OC. The quantitative estimate of drug-likeness (QED) is 0.157. The van der Waals surface area contributed by atoms with E-state index in [4.69, 9.17) is 0 Å². The fourth-order valence-corrected chi connectivity index (χ4v) is 3.00. The van der Waals surface area contributed by atoms with E-state index in [9.17, 15) is 8.76 Å². The van der Waals surface area contributed by atoms with Gasteiger partial charge in [-0.25, -0.2) is 0 Å². The summed E-state index contributed by atoms with van der Waals surface area (Å²) in [5.41, 5.74) is 0. The second-order valence-corrected chi connectivity index (χ2v) is 8.07. The molecule has 144 valence electrons. The van der Waals surface area contributed by atoms with Crippen molar-refractivity contribution in [3.8, 4) is 0 Å². The van der Waals surface area contributed by atoms with E-state index in [1.165, 1.54) is 25.7 Å². The van der Waals surface area contributed by atoms with Gasteiger partial charge in [-0.3, -0.25) is 4.57 Å². The Hall–Kier alpha value is -0.920. The third-order valence-corrected chi connectivity index (χ3v) is 5.17. The van der Waals surface area contributed by atoms with Crippen molar-refractivity contribution in [3.05, 3.63) is 48.6 Å². The molecule has 0 bridgehead atoms. The summed E-state index contributed by atoms with van der Waals surface area (Å²) < 4.78 is 28.4. The molecule has 0 rings (SSSR count). The molecule has 0 saturated carbocycles. The lowest BCUT2D eigenvalue weighted by molar-refractivity contribution is 0.354. The summed E-state index contributed by atoms with van der Waals surface area (Å²) in [5, 5.41) is 0. The standard InChI is InChI=1S/C21H36FO2P/c1-3-4-5-6-7-8-9-10-11-12-13-14-15-16-17-18-19-20-21-25(22,23)24-2/h7-8,10-11,13-14,16-17H,3-6,9,12,15,18-21H2,1-2H3/b8-7+,11-10+,14-13-,17-16-. The van der Waals surface area contributed by atoms with E-state index in [-0.39, 0.29) is 6.16 Å². The van der Waals surface area contributed by atoms with Crippen LogP contribution in [0.3, 0.4) is 0 Å². The molecule has 1 unspecified atom stereocenters. The topological polar surface area (TPSA) is 26.3 Å². The first-order valence-electron chi connectivity index (χ1n) is 9.57. The maximum absolute atomic E-state index is 13.0. The number of unbranched alkanes of at least 4 members (excludes halogenated alkanes) is 5. The van der Waals surface area contributed by atoms with Crippen LogP contribution in [-0.4, -0.2) is 13.3 Å². The minimum atomic E-state index is -3.81. The van der Waals surface area contributed by atoms with Gasteiger partial charge in [0.2, 0.25) is 0 Å². The van der Waals surface area contributed by atoms with E-state index in [0.717, 1.165) is 39.2 Å². The van der Waals surface area contributed by atoms with Crippen molar-refractivity contribution in [1.82, 2.24) is 0 Å². The lowest BCUT2D eigenvalue weighted by atomic mass is 10.2. The maximum atomic E-state index is 13.0. The molecular weight excluding hydrogens is 334 g/mol. The molecule has 0 spiro atoms. The molecule has 2 nitrogen and oxygen atoms in total. The first-order valence-corrected chi connectivity index (χ1v) is 11.3. The fourth-order valence-electron chi connectivity index (χ4n) is 2.22. The lowest BCUT2D eigenvalue weighted by Crippen LogP contribution is -1.87. The van der Waals surface area contributed by atoms with Gasteiger partial charge in [-0.05, 0) is 51.4 Å². The number of hydrogen-bond acceptors (Lipinski definition) is 2. The van der Waals surface area contributed by atoms with E-state index in [2.05, 4.69) is 60.1 Å². The monoisotopic (exact) mass is 370 g/mol. The molecule has 0 saturated heterocycles. The molecule has 0 N–H and O–H groups in total. The summed E-state index contributed by atoms with van der Waals surface area (Å²) in [5.74, 6) is 0. The predicted molar refractivity (Wildman–Crippen MR) is 109 cm³/mol. The Kier molecular flexibility index (Phi) is 17.2. The highest BCUT2D eigenvalue weighted by Gasteiger charge is 2.18. The van der Waals surface area contributed by atoms with Crippen LogP contribution in [0.1, 0.15) is 71.1 Å². The molecule has 0 aliphatic rings. The average molecular weight is 370 g/mol. The molecule has 0 aromatic heterocycles. The van der Waals surface area contributed by atoms with Crippen LogP contribution in [-0.2, 0) is 9.09 Å². The van der Waals surface area contributed by atoms with Crippen molar-refractivity contribution in [3.63, 3.8) is 0 Å². The van der Waals surface area contributed by atoms with Gasteiger partial charge in [0.25, 0.3) is 0 Å². The normalized spacial score (nSPS) is 15.2. The van der Waals surface area contributed by atoms with Gasteiger partial charge in [-0.2, -0.15) is 4.20 Å². The zero-order valence-corrected chi connectivity index (χ0v) is 16.9. The van der Waals surface area contributed by atoms with Crippen LogP contribution in [0, 0.1) is 0 Å². The van der Waals surface area contributed by atoms with Crippen molar-refractivity contribution < 1.29 is 13.3 Å². The van der Waals surface area contributed by atoms with Gasteiger partial charge in [0.15, 0.2) is 0 Å². The van der Waals surface area contributed by atoms with E-state index in [0.29, 0.717) is 6.42 Å². The van der Waals surface area contributed by atoms with Gasteiger partial charge in [0.1, 0.15) is 0 Å². The summed E-state index contributed by atoms with van der Waals surface area (Å²) in [6.07, 6.45) is 27.8. The Bertz CT molecular complexity index is 453. The van der Waals surface area contributed by atoms with Crippen molar-refractivity contribution >= 4 is 7.68 Å². The smallest absolute Gasteiger partial charge is 0.309 e. The fraction of sp³-hybridized carbons (Fsp3) is 0.619.